The normalized spacial score (nSPS) is 29.9. The highest BCUT2D eigenvalue weighted by Gasteiger charge is 2.49. The zero-order valence-electron chi connectivity index (χ0n) is 20.8. The summed E-state index contributed by atoms with van der Waals surface area (Å²) in [4.78, 5) is 26.8. The molecular formula is C25H36F3N5OS2. The molecule has 2 atom stereocenters. The highest BCUT2D eigenvalue weighted by molar-refractivity contribution is 8.14. The van der Waals surface area contributed by atoms with Crippen LogP contribution >= 0.6 is 23.1 Å². The number of hydrogen-bond acceptors (Lipinski definition) is 7. The summed E-state index contributed by atoms with van der Waals surface area (Å²) in [7, 11) is 0. The molecule has 2 saturated heterocycles. The van der Waals surface area contributed by atoms with Crippen molar-refractivity contribution in [2.24, 2.45) is 16.8 Å². The number of halogens is 3. The molecule has 3 aliphatic heterocycles. The van der Waals surface area contributed by atoms with Gasteiger partial charge in [0.2, 0.25) is 5.91 Å². The van der Waals surface area contributed by atoms with E-state index in [0.29, 0.717) is 17.7 Å². The van der Waals surface area contributed by atoms with Crippen molar-refractivity contribution < 1.29 is 18.0 Å². The lowest BCUT2D eigenvalue weighted by Crippen LogP contribution is -2.54. The number of thioether (sulfide) groups is 1. The zero-order chi connectivity index (χ0) is 25.3. The van der Waals surface area contributed by atoms with Crippen LogP contribution in [0.3, 0.4) is 0 Å². The molecule has 6 nitrogen and oxygen atoms in total. The summed E-state index contributed by atoms with van der Waals surface area (Å²) in [6.07, 6.45) is 5.85. The van der Waals surface area contributed by atoms with E-state index in [4.69, 9.17) is 4.99 Å². The van der Waals surface area contributed by atoms with Gasteiger partial charge in [0.05, 0.1) is 23.4 Å². The van der Waals surface area contributed by atoms with Crippen molar-refractivity contribution in [3.05, 3.63) is 16.1 Å². The minimum absolute atomic E-state index is 0.0681. The Balaban J connectivity index is 0.981. The average molecular weight is 544 g/mol. The van der Waals surface area contributed by atoms with Crippen LogP contribution in [0, 0.1) is 18.8 Å². The Labute approximate surface area is 219 Å². The number of hydrogen-bond donors (Lipinski definition) is 1. The Morgan fingerprint density at radius 3 is 2.58 bits per heavy atom. The number of alkyl halides is 3. The molecule has 5 rings (SSSR count). The lowest BCUT2D eigenvalue weighted by molar-refractivity contribution is -0.199. The van der Waals surface area contributed by atoms with Crippen molar-refractivity contribution in [2.75, 3.05) is 32.7 Å². The summed E-state index contributed by atoms with van der Waals surface area (Å²) in [6.45, 7) is 5.26. The number of aryl methyl sites for hydroxylation is 1. The highest BCUT2D eigenvalue weighted by Crippen LogP contribution is 2.40. The first-order valence-electron chi connectivity index (χ1n) is 13.2. The number of carbonyl (C=O) groups is 1. The standard InChI is InChI=1S/C25H36F3N5OS2/c1-16-29-13-20(35-16)12-23(34)30-19-4-2-17(3-5-19)6-9-32-10-7-21-22(8-11-32)36-24(31-21)33-14-18(15-33)25(26,27)28/h13,17-19,21-22H,2-12,14-15H2,1H3,(H,30,34). The molecule has 3 fully saturated rings. The summed E-state index contributed by atoms with van der Waals surface area (Å²) in [5, 5.41) is 5.46. The number of thiazole rings is 1. The molecule has 0 radical (unpaired) electrons. The van der Waals surface area contributed by atoms with Gasteiger partial charge in [-0.3, -0.25) is 9.79 Å². The van der Waals surface area contributed by atoms with Gasteiger partial charge in [0.25, 0.3) is 0 Å². The van der Waals surface area contributed by atoms with Gasteiger partial charge in [-0.05, 0) is 70.9 Å². The fourth-order valence-corrected chi connectivity index (χ4v) is 7.95. The van der Waals surface area contributed by atoms with Gasteiger partial charge < -0.3 is 15.1 Å². The number of rotatable bonds is 6. The van der Waals surface area contributed by atoms with Crippen LogP contribution in [0.15, 0.2) is 11.2 Å². The van der Waals surface area contributed by atoms with Crippen LogP contribution in [0.4, 0.5) is 13.2 Å². The zero-order valence-corrected chi connectivity index (χ0v) is 22.4. The van der Waals surface area contributed by atoms with Crippen LogP contribution in [0.1, 0.15) is 54.8 Å². The second kappa shape index (κ2) is 11.2. The summed E-state index contributed by atoms with van der Waals surface area (Å²) in [5.74, 6) is -0.367. The predicted molar refractivity (Wildman–Crippen MR) is 138 cm³/mol. The number of aromatic nitrogens is 1. The van der Waals surface area contributed by atoms with Gasteiger partial charge in [0, 0.05) is 42.0 Å². The Hall–Kier alpha value is -1.33. The van der Waals surface area contributed by atoms with E-state index in [2.05, 4.69) is 15.2 Å². The van der Waals surface area contributed by atoms with Crippen LogP contribution in [0.5, 0.6) is 0 Å². The third-order valence-electron chi connectivity index (χ3n) is 8.12. The fraction of sp³-hybridized carbons (Fsp3) is 0.800. The summed E-state index contributed by atoms with van der Waals surface area (Å²) in [5.41, 5.74) is 0. The number of amides is 1. The van der Waals surface area contributed by atoms with Gasteiger partial charge in [-0.15, -0.1) is 11.3 Å². The van der Waals surface area contributed by atoms with Crippen molar-refractivity contribution in [3.63, 3.8) is 0 Å². The average Bonchev–Trinajstić information content (AvgIpc) is 3.32. The van der Waals surface area contributed by atoms with Crippen LogP contribution in [-0.2, 0) is 11.2 Å². The highest BCUT2D eigenvalue weighted by atomic mass is 32.2. The molecule has 1 N–H and O–H groups in total. The minimum Gasteiger partial charge on any atom is -0.353 e. The van der Waals surface area contributed by atoms with Crippen LogP contribution in [0.2, 0.25) is 0 Å². The summed E-state index contributed by atoms with van der Waals surface area (Å²) >= 11 is 3.29. The van der Waals surface area contributed by atoms with Crippen LogP contribution in [-0.4, -0.2) is 82.1 Å². The Morgan fingerprint density at radius 2 is 1.89 bits per heavy atom. The van der Waals surface area contributed by atoms with E-state index in [1.54, 1.807) is 29.3 Å². The van der Waals surface area contributed by atoms with Crippen molar-refractivity contribution >= 4 is 34.2 Å². The molecule has 200 valence electrons. The second-order valence-corrected chi connectivity index (χ2v) is 13.3. The fourth-order valence-electron chi connectivity index (χ4n) is 5.81. The molecule has 11 heteroatoms. The topological polar surface area (TPSA) is 60.8 Å². The Morgan fingerprint density at radius 1 is 1.14 bits per heavy atom. The monoisotopic (exact) mass is 543 g/mol. The number of aliphatic imine (C=N–C) groups is 1. The summed E-state index contributed by atoms with van der Waals surface area (Å²) < 4.78 is 38.4. The summed E-state index contributed by atoms with van der Waals surface area (Å²) in [6, 6.07) is 0.537. The van der Waals surface area contributed by atoms with Crippen molar-refractivity contribution in [3.8, 4) is 0 Å². The molecule has 0 aromatic carbocycles. The smallest absolute Gasteiger partial charge is 0.353 e. The first-order chi connectivity index (χ1) is 17.2. The van der Waals surface area contributed by atoms with Crippen molar-refractivity contribution in [1.82, 2.24) is 20.1 Å². The number of carbonyl (C=O) groups excluding carboxylic acids is 1. The van der Waals surface area contributed by atoms with E-state index in [-0.39, 0.29) is 25.0 Å². The second-order valence-electron chi connectivity index (χ2n) is 10.8. The first kappa shape index (κ1) is 26.3. The van der Waals surface area contributed by atoms with Crippen LogP contribution < -0.4 is 5.32 Å². The van der Waals surface area contributed by atoms with E-state index < -0.39 is 12.1 Å². The molecule has 0 spiro atoms. The SMILES string of the molecule is Cc1ncc(CC(=O)NC2CCC(CCN3CCC4N=C(N5CC(C(F)(F)F)C5)SC4CC3)CC2)s1. The molecule has 1 aromatic heterocycles. The maximum Gasteiger partial charge on any atom is 0.395 e. The van der Waals surface area contributed by atoms with Gasteiger partial charge in [0.15, 0.2) is 5.17 Å². The van der Waals surface area contributed by atoms with E-state index >= 15 is 0 Å². The molecule has 36 heavy (non-hydrogen) atoms. The largest absolute Gasteiger partial charge is 0.395 e. The van der Waals surface area contributed by atoms with Gasteiger partial charge >= 0.3 is 6.18 Å². The van der Waals surface area contributed by atoms with Crippen molar-refractivity contribution in [2.45, 2.75) is 81.8 Å². The van der Waals surface area contributed by atoms with E-state index in [0.717, 1.165) is 66.3 Å². The number of likely N-dealkylation sites (tertiary alicyclic amines) is 2. The van der Waals surface area contributed by atoms with Gasteiger partial charge in [-0.1, -0.05) is 11.8 Å². The van der Waals surface area contributed by atoms with E-state index in [1.165, 1.54) is 19.3 Å². The Bertz CT molecular complexity index is 940. The molecule has 2 unspecified atom stereocenters. The van der Waals surface area contributed by atoms with Gasteiger partial charge in [-0.2, -0.15) is 13.2 Å². The number of nitrogens with one attached hydrogen (secondary N) is 1. The van der Waals surface area contributed by atoms with Gasteiger partial charge in [-0.25, -0.2) is 4.98 Å². The van der Waals surface area contributed by atoms with Crippen molar-refractivity contribution in [1.29, 1.82) is 0 Å². The lowest BCUT2D eigenvalue weighted by atomic mass is 9.84. The molecule has 1 aromatic rings. The number of fused-ring (bicyclic) bond motifs is 1. The van der Waals surface area contributed by atoms with Gasteiger partial charge in [0.1, 0.15) is 0 Å². The van der Waals surface area contributed by atoms with E-state index in [1.807, 2.05) is 11.8 Å². The molecule has 1 saturated carbocycles. The number of amidine groups is 1. The third kappa shape index (κ3) is 6.56. The molecule has 4 aliphatic rings. The molecule has 0 bridgehead atoms. The minimum atomic E-state index is -4.08. The number of nitrogens with zero attached hydrogens (tertiary/aromatic N) is 4. The van der Waals surface area contributed by atoms with E-state index in [9.17, 15) is 18.0 Å². The molecule has 4 heterocycles. The third-order valence-corrected chi connectivity index (χ3v) is 10.5. The lowest BCUT2D eigenvalue weighted by Gasteiger charge is -2.41. The molecular weight excluding hydrogens is 507 g/mol. The maximum absolute atomic E-state index is 12.8. The maximum atomic E-state index is 12.8. The molecule has 1 aliphatic carbocycles. The Kier molecular flexibility index (Phi) is 8.17. The first-order valence-corrected chi connectivity index (χ1v) is 14.9. The van der Waals surface area contributed by atoms with Crippen LogP contribution in [0.25, 0.3) is 0 Å². The molecule has 1 amide bonds. The predicted octanol–water partition coefficient (Wildman–Crippen LogP) is 4.49. The quantitative estimate of drug-likeness (QED) is 0.573.